The van der Waals surface area contributed by atoms with Crippen molar-refractivity contribution >= 4 is 139 Å². The molecule has 1 saturated heterocycles. The fourth-order valence-electron chi connectivity index (χ4n) is 14.1. The van der Waals surface area contributed by atoms with E-state index in [1.807, 2.05) is 50.2 Å². The molecule has 0 unspecified atom stereocenters. The number of guanidine groups is 1. The molecule has 3 heterocycles. The van der Waals surface area contributed by atoms with E-state index >= 15 is 19.2 Å². The highest BCUT2D eigenvalue weighted by molar-refractivity contribution is 8.00. The molecule has 0 aliphatic carbocycles. The van der Waals surface area contributed by atoms with Crippen molar-refractivity contribution in [1.29, 1.82) is 5.41 Å². The highest BCUT2D eigenvalue weighted by Crippen LogP contribution is 2.24. The molecule has 14 amide bonds. The van der Waals surface area contributed by atoms with Crippen molar-refractivity contribution < 1.29 is 82.1 Å². The van der Waals surface area contributed by atoms with E-state index in [0.29, 0.717) is 83.4 Å². The molecule has 38 heteroatoms. The van der Waals surface area contributed by atoms with E-state index in [2.05, 4.69) is 84.4 Å². The summed E-state index contributed by atoms with van der Waals surface area (Å²) in [6, 6.07) is 8.33. The first kappa shape index (κ1) is 97.9. The molecule has 0 radical (unpaired) electrons. The number of aliphatic hydroxyl groups excluding tert-OH is 1. The molecule has 13 atom stereocenters. The summed E-state index contributed by atoms with van der Waals surface area (Å²) in [6.07, 6.45) is 4.44. The quantitative estimate of drug-likeness (QED) is 0.0179. The van der Waals surface area contributed by atoms with Crippen molar-refractivity contribution in [2.45, 2.75) is 223 Å². The van der Waals surface area contributed by atoms with Gasteiger partial charge in [-0.1, -0.05) is 159 Å². The molecule has 1 aliphatic heterocycles. The highest BCUT2D eigenvalue weighted by atomic mass is 32.2. The number of aliphatic hydroxyl groups is 1. The Morgan fingerprint density at radius 3 is 1.47 bits per heavy atom. The Bertz CT molecular complexity index is 4670. The predicted molar refractivity (Wildman–Crippen MR) is 464 cm³/mol. The average Bonchev–Trinajstić information content (AvgIpc) is 1.71. The van der Waals surface area contributed by atoms with E-state index in [4.69, 9.17) is 22.6 Å². The van der Waals surface area contributed by atoms with Crippen LogP contribution in [0.5, 0.6) is 0 Å². The number of rotatable bonds is 28. The summed E-state index contributed by atoms with van der Waals surface area (Å²) in [7, 11) is 0. The number of nitrogens with one attached hydrogen (secondary N) is 17. The molecule has 0 bridgehead atoms. The van der Waals surface area contributed by atoms with Gasteiger partial charge in [0.05, 0.1) is 25.3 Å². The van der Waals surface area contributed by atoms with Gasteiger partial charge in [-0.2, -0.15) is 0 Å². The zero-order chi connectivity index (χ0) is 89.8. The maximum absolute atomic E-state index is 15.2. The first-order valence-electron chi connectivity index (χ1n) is 41.8. The van der Waals surface area contributed by atoms with E-state index in [0.717, 1.165) is 22.5 Å². The Kier molecular flexibility index (Phi) is 39.5. The van der Waals surface area contributed by atoms with Gasteiger partial charge in [-0.25, -0.2) is 0 Å². The second-order valence-corrected chi connectivity index (χ2v) is 32.2. The van der Waals surface area contributed by atoms with Gasteiger partial charge in [0.15, 0.2) is 5.96 Å². The number of carboxylic acids is 1. The number of para-hydroxylation sites is 2. The number of benzene rings is 4. The van der Waals surface area contributed by atoms with Crippen LogP contribution in [-0.2, 0) is 91.2 Å². The van der Waals surface area contributed by atoms with Gasteiger partial charge in [0.2, 0.25) is 82.7 Å². The maximum atomic E-state index is 15.2. The number of hydrogen-bond donors (Lipinski definition) is 22. The number of aromatic amines is 2. The summed E-state index contributed by atoms with van der Waals surface area (Å²) < 4.78 is 0. The Morgan fingerprint density at radius 2 is 0.943 bits per heavy atom. The molecule has 0 spiro atoms. The summed E-state index contributed by atoms with van der Waals surface area (Å²) in [5, 5.41) is 68.6. The largest absolute Gasteiger partial charge is 0.481 e. The smallest absolute Gasteiger partial charge is 0.305 e. The van der Waals surface area contributed by atoms with Crippen LogP contribution in [0.3, 0.4) is 0 Å². The number of H-pyrrole nitrogens is 2. The number of fused-ring (bicyclic) bond motifs is 3. The number of primary amides is 1. The number of hydrogen-bond acceptors (Lipinski definition) is 19. The number of nitrogens with two attached hydrogens (primary N) is 3. The number of carbonyl (C=O) groups excluding carboxylic acids is 14. The summed E-state index contributed by atoms with van der Waals surface area (Å²) in [5.41, 5.74) is 20.3. The van der Waals surface area contributed by atoms with Crippen molar-refractivity contribution in [3.8, 4) is 0 Å². The number of carbonyl (C=O) groups is 15. The second kappa shape index (κ2) is 49.7. The minimum absolute atomic E-state index is 0.0128. The molecule has 2 aromatic heterocycles. The van der Waals surface area contributed by atoms with Crippen molar-refractivity contribution in [1.82, 2.24) is 84.4 Å². The lowest BCUT2D eigenvalue weighted by Gasteiger charge is -2.29. The number of aromatic nitrogens is 2. The molecule has 0 saturated carbocycles. The monoisotopic (exact) mass is 1720 g/mol. The van der Waals surface area contributed by atoms with Crippen LogP contribution < -0.4 is 91.6 Å². The molecular weight excluding hydrogens is 1610 g/mol. The molecule has 1 aliphatic rings. The summed E-state index contributed by atoms with van der Waals surface area (Å²) >= 11 is 0.859. The fourth-order valence-corrected chi connectivity index (χ4v) is 15.0. The molecular formula is C85H120N20O17S. The van der Waals surface area contributed by atoms with Gasteiger partial charge >= 0.3 is 5.97 Å². The molecule has 25 N–H and O–H groups in total. The van der Waals surface area contributed by atoms with Gasteiger partial charge in [-0.15, -0.1) is 11.8 Å². The topological polar surface area (TPSA) is 598 Å². The van der Waals surface area contributed by atoms with Crippen LogP contribution in [0.4, 0.5) is 0 Å². The summed E-state index contributed by atoms with van der Waals surface area (Å²) in [6.45, 7) is 8.57. The SMILES string of the molecule is CCCCC[C@@H]1NC(=O)CNC(=O)[C@H](CO)NC(=O)[C@H]([C@@H](C)CC)NC(=O)[C@H](Cc2ccc3ccccc3c2)NC(=O)[C@H](CCCCN)NC(=O)CSC[C@@H](C(N)=O)NC(=O)[C@H](C(C)C)NC(=O)[C@H](Cc2c[nH]c3ccccc23)NC(=O)[C@H](CCCNC(=N)N)NC(=O)[C@H](CCCC)NC(=O)[C@H](Cc2c[nH]c3ccccc23)NC(=O)[C@H](CC(=O)O)NC1=O. The third-order valence-corrected chi connectivity index (χ3v) is 22.3. The Balaban J connectivity index is 1.28. The molecule has 37 nitrogen and oxygen atoms in total. The van der Waals surface area contributed by atoms with Crippen LogP contribution in [0, 0.1) is 17.2 Å². The van der Waals surface area contributed by atoms with E-state index in [9.17, 15) is 63.0 Å². The molecule has 4 aromatic carbocycles. The second-order valence-electron chi connectivity index (χ2n) is 31.2. The zero-order valence-electron chi connectivity index (χ0n) is 70.3. The maximum Gasteiger partial charge on any atom is 0.305 e. The molecule has 123 heavy (non-hydrogen) atoms. The van der Waals surface area contributed by atoms with Crippen LogP contribution in [0.2, 0.25) is 0 Å². The van der Waals surface area contributed by atoms with E-state index in [-0.39, 0.29) is 76.6 Å². The van der Waals surface area contributed by atoms with Crippen LogP contribution in [-0.4, -0.2) is 225 Å². The van der Waals surface area contributed by atoms with Crippen molar-refractivity contribution in [3.05, 3.63) is 120 Å². The van der Waals surface area contributed by atoms with Crippen LogP contribution in [0.1, 0.15) is 148 Å². The lowest BCUT2D eigenvalue weighted by molar-refractivity contribution is -0.141. The van der Waals surface area contributed by atoms with Crippen molar-refractivity contribution in [3.63, 3.8) is 0 Å². The fraction of sp³-hybridized carbons (Fsp3) is 0.506. The number of carboxylic acid groups (broad SMARTS) is 1. The molecule has 668 valence electrons. The normalized spacial score (nSPS) is 23.0. The van der Waals surface area contributed by atoms with Gasteiger partial charge in [0, 0.05) is 65.8 Å². The Labute approximate surface area is 717 Å². The lowest BCUT2D eigenvalue weighted by Crippen LogP contribution is -2.61. The minimum atomic E-state index is -1.95. The molecule has 6 aromatic rings. The third kappa shape index (κ3) is 30.7. The first-order valence-corrected chi connectivity index (χ1v) is 43.0. The highest BCUT2D eigenvalue weighted by Gasteiger charge is 2.39. The first-order chi connectivity index (χ1) is 58.8. The van der Waals surface area contributed by atoms with E-state index < -0.39 is 204 Å². The van der Waals surface area contributed by atoms with E-state index in [1.54, 1.807) is 94.7 Å². The van der Waals surface area contributed by atoms with Gasteiger partial charge < -0.3 is 112 Å². The number of aliphatic carboxylic acids is 1. The minimum Gasteiger partial charge on any atom is -0.481 e. The summed E-state index contributed by atoms with van der Waals surface area (Å²) in [5.74, 6) is -17.5. The number of unbranched alkanes of at least 4 members (excludes halogenated alkanes) is 4. The zero-order valence-corrected chi connectivity index (χ0v) is 71.1. The summed E-state index contributed by atoms with van der Waals surface area (Å²) in [4.78, 5) is 223. The number of thioether (sulfide) groups is 1. The van der Waals surface area contributed by atoms with Crippen molar-refractivity contribution in [2.75, 3.05) is 37.7 Å². The molecule has 7 rings (SSSR count). The van der Waals surface area contributed by atoms with Crippen LogP contribution >= 0.6 is 11.8 Å². The Hall–Kier alpha value is -12.2. The van der Waals surface area contributed by atoms with Gasteiger partial charge in [-0.05, 0) is 103 Å². The number of amides is 14. The average molecular weight is 1730 g/mol. The van der Waals surface area contributed by atoms with Gasteiger partial charge in [0.1, 0.15) is 72.5 Å². The lowest BCUT2D eigenvalue weighted by atomic mass is 9.96. The van der Waals surface area contributed by atoms with Crippen molar-refractivity contribution in [2.24, 2.45) is 29.0 Å². The Morgan fingerprint density at radius 1 is 0.488 bits per heavy atom. The van der Waals surface area contributed by atoms with Crippen LogP contribution in [0.15, 0.2) is 103 Å². The third-order valence-electron chi connectivity index (χ3n) is 21.3. The predicted octanol–water partition coefficient (Wildman–Crippen LogP) is 0.328. The van der Waals surface area contributed by atoms with Gasteiger partial charge in [-0.3, -0.25) is 77.3 Å². The van der Waals surface area contributed by atoms with E-state index in [1.165, 1.54) is 0 Å². The standard InChI is InChI=1S/C85H120N20O17S/c1-7-10-12-29-58-75(113)101-65(40-70(109)110)80(118)100-63(38-52-41-91-56-27-17-15-24-54(52)56)79(117)97-60(26-11-8-2)77(115)96-61(31-21-35-90-85(88)89)78(116)99-64(39-53-42-92-57-28-18-16-25-55(53)57)82(120)104-71(47(4)5)83(121)103-67(73(87)111)45-123-46-69(108)95-59(30-19-20-34-86)76(114)98-62(37-49-32-33-50-22-13-14-23-51(50)36-49)81(119)105-72(48(6)9-3)84(122)102-66(44-106)74(112)93-43-68(107)94-58/h13-18,22-25,27-28,32-33,36,41-42,47-48,58-67,71-72,91-92,106H,7-12,19-21,26,29-31,34-35,37-40,43-46,86H2,1-6H3,(H2,87,111)(H,93,112)(H,94,107)(H,95,108)(H,96,115)(H,97,117)(H,98,114)(H,99,116)(H,100,118)(H,101,113)(H,102,122)(H,103,121)(H,104,120)(H,105,119)(H,109,110)(H4,88,89,90)/t48-,58-,59-,60-,61-,62-,63-,64-,65-,66-,67-,71-,72-/m0/s1. The molecule has 1 fully saturated rings. The van der Waals surface area contributed by atoms with Crippen LogP contribution in [0.25, 0.3) is 32.6 Å². The van der Waals surface area contributed by atoms with Gasteiger partial charge in [0.25, 0.3) is 0 Å².